The molecule has 0 aromatic carbocycles. The van der Waals surface area contributed by atoms with Gasteiger partial charge in [-0.25, -0.2) is 0 Å². The largest absolute Gasteiger partial charge is 0.496 e. The summed E-state index contributed by atoms with van der Waals surface area (Å²) in [5, 5.41) is 3.88. The summed E-state index contributed by atoms with van der Waals surface area (Å²) >= 11 is 6.04. The Bertz CT molecular complexity index is 387. The Labute approximate surface area is 107 Å². The van der Waals surface area contributed by atoms with Crippen molar-refractivity contribution in [2.45, 2.75) is 32.2 Å². The highest BCUT2D eigenvalue weighted by Gasteiger charge is 2.23. The Hall–Kier alpha value is -0.930. The van der Waals surface area contributed by atoms with E-state index in [4.69, 9.17) is 20.8 Å². The molecule has 0 fully saturated rings. The quantitative estimate of drug-likeness (QED) is 0.872. The van der Waals surface area contributed by atoms with Crippen molar-refractivity contribution in [3.63, 3.8) is 0 Å². The van der Waals surface area contributed by atoms with Gasteiger partial charge in [-0.3, -0.25) is 0 Å². The summed E-state index contributed by atoms with van der Waals surface area (Å²) in [6, 6.07) is 1.91. The second-order valence-electron chi connectivity index (χ2n) is 4.13. The van der Waals surface area contributed by atoms with Crippen LogP contribution in [0.4, 0.5) is 0 Å². The second-order valence-corrected chi connectivity index (χ2v) is 4.48. The first-order chi connectivity index (χ1) is 8.33. The van der Waals surface area contributed by atoms with Crippen LogP contribution in [-0.4, -0.2) is 13.2 Å². The van der Waals surface area contributed by atoms with Gasteiger partial charge in [-0.1, -0.05) is 6.92 Å². The number of hydrogen-bond acceptors (Lipinski definition) is 3. The van der Waals surface area contributed by atoms with E-state index in [9.17, 15) is 0 Å². The monoisotopic (exact) mass is 255 g/mol. The van der Waals surface area contributed by atoms with Gasteiger partial charge in [0.1, 0.15) is 5.76 Å². The Morgan fingerprint density at radius 1 is 1.53 bits per heavy atom. The maximum Gasteiger partial charge on any atom is 0.198 e. The van der Waals surface area contributed by atoms with Gasteiger partial charge in [0.15, 0.2) is 5.22 Å². The molecule has 0 saturated heterocycles. The Morgan fingerprint density at radius 2 is 2.41 bits per heavy atom. The number of rotatable bonds is 5. The fourth-order valence-corrected chi connectivity index (χ4v) is 2.16. The average Bonchev–Trinajstić information content (AvgIpc) is 2.78. The second kappa shape index (κ2) is 6.12. The molecule has 0 aliphatic carbocycles. The highest BCUT2D eigenvalue weighted by Crippen LogP contribution is 2.31. The first-order valence-electron chi connectivity index (χ1n) is 6.12. The molecular weight excluding hydrogens is 238 g/mol. The van der Waals surface area contributed by atoms with Crippen LogP contribution in [0.15, 0.2) is 28.6 Å². The molecule has 1 atom stereocenters. The molecule has 1 aliphatic rings. The zero-order valence-corrected chi connectivity index (χ0v) is 10.8. The van der Waals surface area contributed by atoms with Crippen LogP contribution in [0.5, 0.6) is 0 Å². The van der Waals surface area contributed by atoms with E-state index in [0.29, 0.717) is 5.22 Å². The van der Waals surface area contributed by atoms with Gasteiger partial charge >= 0.3 is 0 Å². The van der Waals surface area contributed by atoms with Crippen LogP contribution in [0.25, 0.3) is 0 Å². The van der Waals surface area contributed by atoms with Crippen LogP contribution in [-0.2, 0) is 4.74 Å². The van der Waals surface area contributed by atoms with E-state index in [1.165, 1.54) is 0 Å². The van der Waals surface area contributed by atoms with Crippen molar-refractivity contribution in [3.8, 4) is 0 Å². The molecule has 4 heteroatoms. The van der Waals surface area contributed by atoms with Crippen molar-refractivity contribution in [3.05, 3.63) is 34.9 Å². The fraction of sp³-hybridized carbons (Fsp3) is 0.538. The predicted molar refractivity (Wildman–Crippen MR) is 68.0 cm³/mol. The first-order valence-corrected chi connectivity index (χ1v) is 6.50. The number of halogens is 1. The van der Waals surface area contributed by atoms with Crippen molar-refractivity contribution in [1.82, 2.24) is 5.32 Å². The van der Waals surface area contributed by atoms with Gasteiger partial charge in [-0.15, -0.1) is 0 Å². The van der Waals surface area contributed by atoms with Gasteiger partial charge < -0.3 is 14.5 Å². The smallest absolute Gasteiger partial charge is 0.198 e. The molecule has 1 aromatic heterocycles. The Morgan fingerprint density at radius 3 is 3.00 bits per heavy atom. The molecule has 0 bridgehead atoms. The van der Waals surface area contributed by atoms with Crippen molar-refractivity contribution in [2.75, 3.05) is 13.2 Å². The molecule has 1 aromatic rings. The predicted octanol–water partition coefficient (Wildman–Crippen LogP) is 3.67. The number of ether oxygens (including phenoxy) is 1. The average molecular weight is 256 g/mol. The van der Waals surface area contributed by atoms with E-state index in [2.05, 4.69) is 18.3 Å². The molecule has 0 amide bonds. The number of allylic oxidation sites excluding steroid dienone is 1. The molecule has 2 heterocycles. The van der Waals surface area contributed by atoms with Crippen LogP contribution in [0.3, 0.4) is 0 Å². The summed E-state index contributed by atoms with van der Waals surface area (Å²) < 4.78 is 10.9. The maximum atomic E-state index is 6.04. The zero-order chi connectivity index (χ0) is 12.1. The highest BCUT2D eigenvalue weighted by molar-refractivity contribution is 6.29. The Balaban J connectivity index is 2.18. The van der Waals surface area contributed by atoms with Crippen molar-refractivity contribution < 1.29 is 9.15 Å². The molecule has 0 spiro atoms. The van der Waals surface area contributed by atoms with E-state index in [-0.39, 0.29) is 6.04 Å². The third-order valence-corrected chi connectivity index (χ3v) is 3.11. The summed E-state index contributed by atoms with van der Waals surface area (Å²) in [6.45, 7) is 3.84. The van der Waals surface area contributed by atoms with E-state index in [1.807, 2.05) is 6.07 Å². The van der Waals surface area contributed by atoms with E-state index < -0.39 is 0 Å². The van der Waals surface area contributed by atoms with Crippen molar-refractivity contribution in [1.29, 1.82) is 0 Å². The minimum Gasteiger partial charge on any atom is -0.496 e. The van der Waals surface area contributed by atoms with Gasteiger partial charge in [0.25, 0.3) is 0 Å². The number of nitrogens with one attached hydrogen (secondary N) is 1. The van der Waals surface area contributed by atoms with Gasteiger partial charge in [-0.05, 0) is 49.6 Å². The molecule has 2 rings (SSSR count). The lowest BCUT2D eigenvalue weighted by Crippen LogP contribution is -2.26. The minimum atomic E-state index is 0.0153. The first kappa shape index (κ1) is 12.5. The lowest BCUT2D eigenvalue weighted by atomic mass is 10.1. The maximum absolute atomic E-state index is 6.04. The Kier molecular flexibility index (Phi) is 4.51. The van der Waals surface area contributed by atoms with Crippen LogP contribution in [0, 0.1) is 0 Å². The molecule has 3 nitrogen and oxygen atoms in total. The molecular formula is C13H18ClNO2. The summed E-state index contributed by atoms with van der Waals surface area (Å²) in [4.78, 5) is 0. The standard InChI is InChI=1S/C13H18ClNO2/c1-2-7-15-12(10-6-9-17-13(10)14)11-5-3-4-8-16-11/h5-6,9,12,15H,2-4,7-8H2,1H3. The molecule has 1 N–H and O–H groups in total. The van der Waals surface area contributed by atoms with Gasteiger partial charge in [0.2, 0.25) is 0 Å². The van der Waals surface area contributed by atoms with E-state index >= 15 is 0 Å². The van der Waals surface area contributed by atoms with Crippen LogP contribution in [0.2, 0.25) is 5.22 Å². The van der Waals surface area contributed by atoms with Crippen LogP contribution < -0.4 is 5.32 Å². The lowest BCUT2D eigenvalue weighted by molar-refractivity contribution is 0.167. The molecule has 1 unspecified atom stereocenters. The molecule has 94 valence electrons. The van der Waals surface area contributed by atoms with E-state index in [0.717, 1.165) is 43.7 Å². The zero-order valence-electron chi connectivity index (χ0n) is 10.0. The summed E-state index contributed by atoms with van der Waals surface area (Å²) in [5.74, 6) is 0.966. The topological polar surface area (TPSA) is 34.4 Å². The minimum absolute atomic E-state index is 0.0153. The summed E-state index contributed by atoms with van der Waals surface area (Å²) in [7, 11) is 0. The molecule has 17 heavy (non-hydrogen) atoms. The number of hydrogen-bond donors (Lipinski definition) is 1. The number of furan rings is 1. The third-order valence-electron chi connectivity index (χ3n) is 2.80. The van der Waals surface area contributed by atoms with Gasteiger partial charge in [-0.2, -0.15) is 0 Å². The van der Waals surface area contributed by atoms with Crippen LogP contribution >= 0.6 is 11.6 Å². The molecule has 1 aliphatic heterocycles. The highest BCUT2D eigenvalue weighted by atomic mass is 35.5. The van der Waals surface area contributed by atoms with Gasteiger partial charge in [0.05, 0.1) is 18.9 Å². The normalized spacial score (nSPS) is 17.4. The molecule has 0 saturated carbocycles. The summed E-state index contributed by atoms with van der Waals surface area (Å²) in [5.41, 5.74) is 0.952. The fourth-order valence-electron chi connectivity index (χ4n) is 1.94. The van der Waals surface area contributed by atoms with Gasteiger partial charge in [0, 0.05) is 5.56 Å². The molecule has 0 radical (unpaired) electrons. The lowest BCUT2D eigenvalue weighted by Gasteiger charge is -2.24. The van der Waals surface area contributed by atoms with Crippen molar-refractivity contribution >= 4 is 11.6 Å². The van der Waals surface area contributed by atoms with E-state index in [1.54, 1.807) is 6.26 Å². The van der Waals surface area contributed by atoms with Crippen LogP contribution in [0.1, 0.15) is 37.8 Å². The van der Waals surface area contributed by atoms with Crippen molar-refractivity contribution in [2.24, 2.45) is 0 Å². The SMILES string of the molecule is CCCNC(C1=CCCCO1)c1ccoc1Cl. The third kappa shape index (κ3) is 3.05. The summed E-state index contributed by atoms with van der Waals surface area (Å²) in [6.07, 6.45) is 6.97.